The molecule has 2 rings (SSSR count). The van der Waals surface area contributed by atoms with Gasteiger partial charge in [-0.2, -0.15) is 18.3 Å². The second kappa shape index (κ2) is 8.80. The number of anilines is 1. The maximum atomic E-state index is 14.0. The van der Waals surface area contributed by atoms with Crippen LogP contribution in [0.1, 0.15) is 23.7 Å². The van der Waals surface area contributed by atoms with Crippen molar-refractivity contribution in [3.63, 3.8) is 0 Å². The largest absolute Gasteiger partial charge is 0.496 e. The molecular formula is C16H15F4N3O3S. The Morgan fingerprint density at radius 2 is 2.15 bits per heavy atom. The third-order valence-corrected chi connectivity index (χ3v) is 3.97. The quantitative estimate of drug-likeness (QED) is 0.328. The van der Waals surface area contributed by atoms with E-state index < -0.39 is 23.5 Å². The van der Waals surface area contributed by atoms with E-state index in [4.69, 9.17) is 9.47 Å². The first-order valence-electron chi connectivity index (χ1n) is 7.58. The number of halogens is 4. The highest BCUT2D eigenvalue weighted by molar-refractivity contribution is 7.13. The van der Waals surface area contributed by atoms with Gasteiger partial charge in [0.15, 0.2) is 0 Å². The molecule has 6 nitrogen and oxygen atoms in total. The number of ether oxygens (including phenoxy) is 2. The van der Waals surface area contributed by atoms with Gasteiger partial charge in [0, 0.05) is 5.38 Å². The number of thiazole rings is 1. The van der Waals surface area contributed by atoms with Gasteiger partial charge in [-0.3, -0.25) is 10.2 Å². The zero-order valence-corrected chi connectivity index (χ0v) is 15.1. The Balaban J connectivity index is 2.10. The van der Waals surface area contributed by atoms with E-state index in [1.807, 2.05) is 0 Å². The van der Waals surface area contributed by atoms with Crippen LogP contribution in [-0.4, -0.2) is 30.9 Å². The van der Waals surface area contributed by atoms with Crippen molar-refractivity contribution in [1.29, 1.82) is 0 Å². The number of benzene rings is 1. The third kappa shape index (κ3) is 5.64. The lowest BCUT2D eigenvalue weighted by Gasteiger charge is -2.11. The highest BCUT2D eigenvalue weighted by Gasteiger charge is 2.32. The molecule has 0 aliphatic carbocycles. The zero-order valence-electron chi connectivity index (χ0n) is 14.3. The number of hydrogen-bond donors (Lipinski definition) is 1. The lowest BCUT2D eigenvalue weighted by Crippen LogP contribution is -2.08. The molecule has 1 heterocycles. The van der Waals surface area contributed by atoms with Gasteiger partial charge in [0.1, 0.15) is 11.6 Å². The Hall–Kier alpha value is -2.69. The smallest absolute Gasteiger partial charge is 0.416 e. The van der Waals surface area contributed by atoms with Crippen LogP contribution in [0.25, 0.3) is 0 Å². The average Bonchev–Trinajstić information content (AvgIpc) is 3.02. The Morgan fingerprint density at radius 1 is 1.41 bits per heavy atom. The van der Waals surface area contributed by atoms with Crippen LogP contribution in [0.15, 0.2) is 22.6 Å². The highest BCUT2D eigenvalue weighted by atomic mass is 32.1. The molecule has 1 N–H and O–H groups in total. The van der Waals surface area contributed by atoms with Crippen molar-refractivity contribution in [1.82, 2.24) is 4.98 Å². The average molecular weight is 405 g/mol. The number of nitrogens with one attached hydrogen (secondary N) is 1. The van der Waals surface area contributed by atoms with E-state index in [0.29, 0.717) is 23.0 Å². The SMILES string of the molecule is CCOC(=O)Cc1csc(NN=Cc2c(F)cc(C(F)(F)F)cc2OC)n1. The van der Waals surface area contributed by atoms with E-state index in [2.05, 4.69) is 15.5 Å². The summed E-state index contributed by atoms with van der Waals surface area (Å²) in [6.45, 7) is 1.95. The van der Waals surface area contributed by atoms with Crippen LogP contribution in [0.2, 0.25) is 0 Å². The number of aromatic nitrogens is 1. The predicted octanol–water partition coefficient (Wildman–Crippen LogP) is 3.86. The molecule has 0 saturated heterocycles. The van der Waals surface area contributed by atoms with Gasteiger partial charge >= 0.3 is 12.1 Å². The van der Waals surface area contributed by atoms with Gasteiger partial charge < -0.3 is 9.47 Å². The molecule has 1 aromatic carbocycles. The van der Waals surface area contributed by atoms with E-state index >= 15 is 0 Å². The summed E-state index contributed by atoms with van der Waals surface area (Å²) in [5.41, 5.74) is 1.58. The summed E-state index contributed by atoms with van der Waals surface area (Å²) in [4.78, 5) is 15.5. The fraction of sp³-hybridized carbons (Fsp3) is 0.312. The highest BCUT2D eigenvalue weighted by Crippen LogP contribution is 2.34. The number of carbonyl (C=O) groups excluding carboxylic acids is 1. The predicted molar refractivity (Wildman–Crippen MR) is 91.6 cm³/mol. The minimum atomic E-state index is -4.70. The fourth-order valence-corrected chi connectivity index (χ4v) is 2.66. The summed E-state index contributed by atoms with van der Waals surface area (Å²) >= 11 is 1.15. The number of hydrazone groups is 1. The van der Waals surface area contributed by atoms with Crippen molar-refractivity contribution in [3.05, 3.63) is 40.2 Å². The summed E-state index contributed by atoms with van der Waals surface area (Å²) in [6.07, 6.45) is -3.71. The van der Waals surface area contributed by atoms with Crippen LogP contribution in [-0.2, 0) is 22.1 Å². The molecule has 11 heteroatoms. The van der Waals surface area contributed by atoms with Crippen molar-refractivity contribution < 1.29 is 31.8 Å². The molecule has 0 amide bonds. The second-order valence-corrected chi connectivity index (χ2v) is 5.93. The van der Waals surface area contributed by atoms with Crippen LogP contribution in [0.3, 0.4) is 0 Å². The topological polar surface area (TPSA) is 72.8 Å². The lowest BCUT2D eigenvalue weighted by atomic mass is 10.1. The molecule has 0 aliphatic rings. The van der Waals surface area contributed by atoms with Crippen molar-refractivity contribution in [3.8, 4) is 5.75 Å². The summed E-state index contributed by atoms with van der Waals surface area (Å²) < 4.78 is 61.8. The first-order chi connectivity index (χ1) is 12.7. The van der Waals surface area contributed by atoms with Gasteiger partial charge in [-0.25, -0.2) is 9.37 Å². The number of alkyl halides is 3. The van der Waals surface area contributed by atoms with E-state index in [1.54, 1.807) is 12.3 Å². The first kappa shape index (κ1) is 20.6. The van der Waals surface area contributed by atoms with Crippen LogP contribution >= 0.6 is 11.3 Å². The van der Waals surface area contributed by atoms with Crippen LogP contribution in [0.4, 0.5) is 22.7 Å². The summed E-state index contributed by atoms with van der Waals surface area (Å²) in [5.74, 6) is -1.86. The molecule has 0 spiro atoms. The number of nitrogens with zero attached hydrogens (tertiary/aromatic N) is 2. The van der Waals surface area contributed by atoms with Crippen molar-refractivity contribution >= 4 is 28.7 Å². The number of hydrogen-bond acceptors (Lipinski definition) is 7. The van der Waals surface area contributed by atoms with Gasteiger partial charge in [0.25, 0.3) is 0 Å². The minimum Gasteiger partial charge on any atom is -0.496 e. The molecule has 0 fully saturated rings. The second-order valence-electron chi connectivity index (χ2n) is 5.07. The minimum absolute atomic E-state index is 0.00289. The monoisotopic (exact) mass is 405 g/mol. The Kier molecular flexibility index (Phi) is 6.72. The van der Waals surface area contributed by atoms with E-state index in [1.165, 1.54) is 0 Å². The maximum Gasteiger partial charge on any atom is 0.416 e. The van der Waals surface area contributed by atoms with Gasteiger partial charge in [0.05, 0.1) is 43.2 Å². The summed E-state index contributed by atoms with van der Waals surface area (Å²) in [5, 5.41) is 5.69. The molecule has 27 heavy (non-hydrogen) atoms. The Morgan fingerprint density at radius 3 is 2.78 bits per heavy atom. The van der Waals surface area contributed by atoms with Crippen LogP contribution < -0.4 is 10.2 Å². The Labute approximate surface area is 155 Å². The first-order valence-corrected chi connectivity index (χ1v) is 8.46. The number of esters is 1. The fourth-order valence-electron chi connectivity index (χ4n) is 2.00. The van der Waals surface area contributed by atoms with Crippen molar-refractivity contribution in [2.45, 2.75) is 19.5 Å². The van der Waals surface area contributed by atoms with Gasteiger partial charge in [-0.15, -0.1) is 11.3 Å². The van der Waals surface area contributed by atoms with Crippen LogP contribution in [0.5, 0.6) is 5.75 Å². The molecule has 2 aromatic rings. The van der Waals surface area contributed by atoms with Crippen LogP contribution in [0, 0.1) is 5.82 Å². The lowest BCUT2D eigenvalue weighted by molar-refractivity contribution is -0.142. The number of methoxy groups -OCH3 is 1. The van der Waals surface area contributed by atoms with Crippen molar-refractivity contribution in [2.75, 3.05) is 19.1 Å². The zero-order chi connectivity index (χ0) is 20.0. The molecule has 1 aromatic heterocycles. The Bertz CT molecular complexity index is 837. The molecule has 146 valence electrons. The molecule has 0 atom stereocenters. The molecule has 0 bridgehead atoms. The summed E-state index contributed by atoms with van der Waals surface area (Å²) in [7, 11) is 1.13. The number of carbonyl (C=O) groups is 1. The van der Waals surface area contributed by atoms with E-state index in [-0.39, 0.29) is 24.3 Å². The van der Waals surface area contributed by atoms with Gasteiger partial charge in [-0.05, 0) is 19.1 Å². The summed E-state index contributed by atoms with van der Waals surface area (Å²) in [6, 6.07) is 1.05. The standard InChI is InChI=1S/C16H15F4N3O3S/c1-3-26-14(24)6-10-8-27-15(22-10)23-21-7-11-12(17)4-9(16(18,19)20)5-13(11)25-2/h4-5,7-8H,3,6H2,1-2H3,(H,22,23). The number of rotatable bonds is 7. The maximum absolute atomic E-state index is 14.0. The van der Waals surface area contributed by atoms with Gasteiger partial charge in [0.2, 0.25) is 5.13 Å². The normalized spacial score (nSPS) is 11.6. The van der Waals surface area contributed by atoms with E-state index in [0.717, 1.165) is 24.7 Å². The molecule has 0 aliphatic heterocycles. The molecule has 0 unspecified atom stereocenters. The van der Waals surface area contributed by atoms with E-state index in [9.17, 15) is 22.4 Å². The molecular weight excluding hydrogens is 390 g/mol. The molecule has 0 saturated carbocycles. The van der Waals surface area contributed by atoms with Crippen molar-refractivity contribution in [2.24, 2.45) is 5.10 Å². The van der Waals surface area contributed by atoms with Gasteiger partial charge in [-0.1, -0.05) is 0 Å². The molecule has 0 radical (unpaired) electrons. The third-order valence-electron chi connectivity index (χ3n) is 3.18.